The summed E-state index contributed by atoms with van der Waals surface area (Å²) in [7, 11) is 0. The largest absolute Gasteiger partial charge is 0.326 e. The third-order valence-corrected chi connectivity index (χ3v) is 3.87. The van der Waals surface area contributed by atoms with Gasteiger partial charge in [0.15, 0.2) is 0 Å². The van der Waals surface area contributed by atoms with Crippen molar-refractivity contribution in [1.82, 2.24) is 0 Å². The van der Waals surface area contributed by atoms with Crippen LogP contribution in [0, 0.1) is 11.3 Å². The van der Waals surface area contributed by atoms with E-state index in [-0.39, 0.29) is 5.91 Å². The van der Waals surface area contributed by atoms with Gasteiger partial charge in [0.1, 0.15) is 6.07 Å². The highest BCUT2D eigenvalue weighted by Gasteiger charge is 2.08. The van der Waals surface area contributed by atoms with Crippen LogP contribution in [0.4, 0.5) is 5.69 Å². The number of carbonyl (C=O) groups is 1. The van der Waals surface area contributed by atoms with Gasteiger partial charge >= 0.3 is 0 Å². The summed E-state index contributed by atoms with van der Waals surface area (Å²) in [4.78, 5) is 12.7. The van der Waals surface area contributed by atoms with E-state index in [0.717, 1.165) is 15.5 Å². The zero-order valence-corrected chi connectivity index (χ0v) is 12.3. The molecule has 0 radical (unpaired) electrons. The molecule has 0 aliphatic carbocycles. The maximum atomic E-state index is 10.9. The lowest BCUT2D eigenvalue weighted by Gasteiger charge is -2.06. The molecule has 3 nitrogen and oxygen atoms in total. The highest BCUT2D eigenvalue weighted by molar-refractivity contribution is 7.99. The molecular formula is C15H11ClN2OS. The van der Waals surface area contributed by atoms with Crippen LogP contribution in [-0.4, -0.2) is 5.91 Å². The average molecular weight is 303 g/mol. The van der Waals surface area contributed by atoms with E-state index in [9.17, 15) is 4.79 Å². The number of amides is 1. The molecule has 1 amide bonds. The SMILES string of the molecule is CC(=O)Nc1ccc(Sc2cccc(Cl)c2C#N)cc1. The van der Waals surface area contributed by atoms with Crippen LogP contribution < -0.4 is 5.32 Å². The summed E-state index contributed by atoms with van der Waals surface area (Å²) >= 11 is 7.46. The van der Waals surface area contributed by atoms with Gasteiger partial charge in [0.05, 0.1) is 10.6 Å². The number of hydrogen-bond donors (Lipinski definition) is 1. The van der Waals surface area contributed by atoms with Gasteiger partial charge in [-0.05, 0) is 36.4 Å². The summed E-state index contributed by atoms with van der Waals surface area (Å²) in [6.45, 7) is 1.47. The van der Waals surface area contributed by atoms with E-state index in [0.29, 0.717) is 10.6 Å². The molecule has 0 aliphatic rings. The third-order valence-electron chi connectivity index (χ3n) is 2.49. The molecule has 100 valence electrons. The minimum Gasteiger partial charge on any atom is -0.326 e. The molecule has 0 heterocycles. The van der Waals surface area contributed by atoms with Gasteiger partial charge in [-0.25, -0.2) is 0 Å². The minimum atomic E-state index is -0.105. The third kappa shape index (κ3) is 3.53. The average Bonchev–Trinajstić information content (AvgIpc) is 2.41. The molecule has 20 heavy (non-hydrogen) atoms. The normalized spacial score (nSPS) is 9.85. The molecule has 1 N–H and O–H groups in total. The number of rotatable bonds is 3. The lowest BCUT2D eigenvalue weighted by atomic mass is 10.2. The molecule has 0 saturated carbocycles. The first-order chi connectivity index (χ1) is 9.60. The van der Waals surface area contributed by atoms with Crippen molar-refractivity contribution in [2.24, 2.45) is 0 Å². The summed E-state index contributed by atoms with van der Waals surface area (Å²) in [5, 5.41) is 12.3. The molecule has 2 rings (SSSR count). The molecule has 0 aliphatic heterocycles. The summed E-state index contributed by atoms with van der Waals surface area (Å²) in [5.74, 6) is -0.105. The lowest BCUT2D eigenvalue weighted by molar-refractivity contribution is -0.114. The van der Waals surface area contributed by atoms with Gasteiger partial charge in [-0.2, -0.15) is 5.26 Å². The summed E-state index contributed by atoms with van der Waals surface area (Å²) in [5.41, 5.74) is 1.22. The van der Waals surface area contributed by atoms with Crippen molar-refractivity contribution >= 4 is 35.0 Å². The number of nitrogens with one attached hydrogen (secondary N) is 1. The number of nitrogens with zero attached hydrogens (tertiary/aromatic N) is 1. The van der Waals surface area contributed by atoms with Crippen LogP contribution in [0.2, 0.25) is 5.02 Å². The minimum absolute atomic E-state index is 0.105. The van der Waals surface area contributed by atoms with Crippen LogP contribution in [0.1, 0.15) is 12.5 Å². The fourth-order valence-corrected chi connectivity index (χ4v) is 2.84. The Bertz CT molecular complexity index is 677. The number of anilines is 1. The smallest absolute Gasteiger partial charge is 0.221 e. The van der Waals surface area contributed by atoms with E-state index in [2.05, 4.69) is 11.4 Å². The van der Waals surface area contributed by atoms with Crippen LogP contribution in [0.5, 0.6) is 0 Å². The standard InChI is InChI=1S/C15H11ClN2OS/c1-10(19)18-11-5-7-12(8-6-11)20-15-4-2-3-14(16)13(15)9-17/h2-8H,1H3,(H,18,19). The fourth-order valence-electron chi connectivity index (χ4n) is 1.63. The number of carbonyl (C=O) groups excluding carboxylic acids is 1. The van der Waals surface area contributed by atoms with Crippen molar-refractivity contribution in [1.29, 1.82) is 5.26 Å². The summed E-state index contributed by atoms with van der Waals surface area (Å²) in [6, 6.07) is 14.9. The van der Waals surface area contributed by atoms with Crippen molar-refractivity contribution in [3.63, 3.8) is 0 Å². The second kappa shape index (κ2) is 6.47. The molecule has 0 aromatic heterocycles. The van der Waals surface area contributed by atoms with E-state index < -0.39 is 0 Å². The Kier molecular flexibility index (Phi) is 4.67. The first-order valence-corrected chi connectivity index (χ1v) is 7.03. The van der Waals surface area contributed by atoms with Crippen LogP contribution in [-0.2, 0) is 4.79 Å². The Morgan fingerprint density at radius 2 is 1.95 bits per heavy atom. The first kappa shape index (κ1) is 14.4. The highest BCUT2D eigenvalue weighted by atomic mass is 35.5. The van der Waals surface area contributed by atoms with Crippen molar-refractivity contribution in [3.05, 3.63) is 53.1 Å². The van der Waals surface area contributed by atoms with Gasteiger partial charge in [0, 0.05) is 22.4 Å². The highest BCUT2D eigenvalue weighted by Crippen LogP contribution is 2.33. The molecule has 0 bridgehead atoms. The van der Waals surface area contributed by atoms with Crippen LogP contribution >= 0.6 is 23.4 Å². The van der Waals surface area contributed by atoms with Gasteiger partial charge < -0.3 is 5.32 Å². The van der Waals surface area contributed by atoms with E-state index in [1.54, 1.807) is 6.07 Å². The maximum Gasteiger partial charge on any atom is 0.221 e. The fraction of sp³-hybridized carbons (Fsp3) is 0.0667. The Hall–Kier alpha value is -1.96. The maximum absolute atomic E-state index is 10.9. The number of hydrogen-bond acceptors (Lipinski definition) is 3. The van der Waals surface area contributed by atoms with Crippen molar-refractivity contribution < 1.29 is 4.79 Å². The van der Waals surface area contributed by atoms with E-state index in [1.807, 2.05) is 36.4 Å². The Labute approximate surface area is 126 Å². The monoisotopic (exact) mass is 302 g/mol. The van der Waals surface area contributed by atoms with Crippen LogP contribution in [0.25, 0.3) is 0 Å². The van der Waals surface area contributed by atoms with E-state index in [1.165, 1.54) is 18.7 Å². The van der Waals surface area contributed by atoms with Gasteiger partial charge in [-0.1, -0.05) is 29.4 Å². The van der Waals surface area contributed by atoms with Crippen LogP contribution in [0.15, 0.2) is 52.3 Å². The van der Waals surface area contributed by atoms with Crippen LogP contribution in [0.3, 0.4) is 0 Å². The summed E-state index contributed by atoms with van der Waals surface area (Å²) < 4.78 is 0. The second-order valence-corrected chi connectivity index (χ2v) is 5.55. The molecule has 5 heteroatoms. The molecule has 0 fully saturated rings. The number of halogens is 1. The molecule has 2 aromatic carbocycles. The topological polar surface area (TPSA) is 52.9 Å². The molecule has 0 spiro atoms. The van der Waals surface area contributed by atoms with E-state index >= 15 is 0 Å². The first-order valence-electron chi connectivity index (χ1n) is 5.84. The quantitative estimate of drug-likeness (QED) is 0.918. The number of benzene rings is 2. The van der Waals surface area contributed by atoms with Gasteiger partial charge in [-0.3, -0.25) is 4.79 Å². The zero-order chi connectivity index (χ0) is 14.5. The second-order valence-electron chi connectivity index (χ2n) is 4.03. The Morgan fingerprint density at radius 3 is 2.55 bits per heavy atom. The molecule has 0 unspecified atom stereocenters. The molecule has 0 atom stereocenters. The van der Waals surface area contributed by atoms with Gasteiger partial charge in [0.25, 0.3) is 0 Å². The lowest BCUT2D eigenvalue weighted by Crippen LogP contribution is -2.05. The number of nitriles is 1. The Morgan fingerprint density at radius 1 is 1.25 bits per heavy atom. The Balaban J connectivity index is 2.21. The van der Waals surface area contributed by atoms with Gasteiger partial charge in [-0.15, -0.1) is 0 Å². The van der Waals surface area contributed by atoms with Crippen molar-refractivity contribution in [2.75, 3.05) is 5.32 Å². The molecule has 0 saturated heterocycles. The van der Waals surface area contributed by atoms with Crippen molar-refractivity contribution in [3.8, 4) is 6.07 Å². The molecular weight excluding hydrogens is 292 g/mol. The van der Waals surface area contributed by atoms with E-state index in [4.69, 9.17) is 16.9 Å². The predicted octanol–water partition coefficient (Wildman–Crippen LogP) is 4.32. The zero-order valence-electron chi connectivity index (χ0n) is 10.7. The predicted molar refractivity (Wildman–Crippen MR) is 81.0 cm³/mol. The summed E-state index contributed by atoms with van der Waals surface area (Å²) in [6.07, 6.45) is 0. The van der Waals surface area contributed by atoms with Crippen molar-refractivity contribution in [2.45, 2.75) is 16.7 Å². The molecule has 2 aromatic rings. The van der Waals surface area contributed by atoms with Gasteiger partial charge in [0.2, 0.25) is 5.91 Å².